The molecule has 190 valence electrons. The number of thioether (sulfide) groups is 1. The average molecular weight is 523 g/mol. The number of carbonyl (C=O) groups is 2. The van der Waals surface area contributed by atoms with Crippen LogP contribution in [0.4, 0.5) is 4.79 Å². The highest BCUT2D eigenvalue weighted by atomic mass is 32.2. The molecule has 0 bridgehead atoms. The van der Waals surface area contributed by atoms with Crippen LogP contribution in [0.1, 0.15) is 34.7 Å². The van der Waals surface area contributed by atoms with Crippen LogP contribution in [0.15, 0.2) is 77.7 Å². The third-order valence-corrected chi connectivity index (χ3v) is 6.86. The maximum absolute atomic E-state index is 13.1. The Labute approximate surface area is 226 Å². The summed E-state index contributed by atoms with van der Waals surface area (Å²) in [5.41, 5.74) is 3.94. The van der Waals surface area contributed by atoms with Crippen molar-refractivity contribution in [2.75, 3.05) is 19.7 Å². The number of ether oxygens (including phenoxy) is 1. The lowest BCUT2D eigenvalue weighted by Crippen LogP contribution is -2.37. The summed E-state index contributed by atoms with van der Waals surface area (Å²) in [4.78, 5) is 29.6. The SMILES string of the molecule is CCOc1ccc(C=C2SC(=O)N(CCN(Cc3ccc(C#N)cc3)Cc3cccc(C#N)c3)C2=O)cc1. The molecule has 7 nitrogen and oxygen atoms in total. The summed E-state index contributed by atoms with van der Waals surface area (Å²) >= 11 is 0.942. The number of hydrogen-bond acceptors (Lipinski definition) is 7. The number of hydrogen-bond donors (Lipinski definition) is 0. The molecule has 1 aliphatic rings. The van der Waals surface area contributed by atoms with E-state index >= 15 is 0 Å². The van der Waals surface area contributed by atoms with E-state index in [0.717, 1.165) is 34.2 Å². The molecule has 1 saturated heterocycles. The predicted molar refractivity (Wildman–Crippen MR) is 147 cm³/mol. The van der Waals surface area contributed by atoms with Gasteiger partial charge in [0.15, 0.2) is 0 Å². The lowest BCUT2D eigenvalue weighted by atomic mass is 10.1. The van der Waals surface area contributed by atoms with E-state index in [1.54, 1.807) is 24.3 Å². The second kappa shape index (κ2) is 12.7. The first-order valence-corrected chi connectivity index (χ1v) is 13.0. The van der Waals surface area contributed by atoms with Gasteiger partial charge < -0.3 is 4.74 Å². The van der Waals surface area contributed by atoms with Crippen LogP contribution in [-0.2, 0) is 17.9 Å². The van der Waals surface area contributed by atoms with Crippen LogP contribution in [0.3, 0.4) is 0 Å². The average Bonchev–Trinajstić information content (AvgIpc) is 3.20. The summed E-state index contributed by atoms with van der Waals surface area (Å²) in [6.07, 6.45) is 1.72. The van der Waals surface area contributed by atoms with Crippen LogP contribution < -0.4 is 4.74 Å². The van der Waals surface area contributed by atoms with Crippen molar-refractivity contribution in [3.8, 4) is 17.9 Å². The van der Waals surface area contributed by atoms with Crippen molar-refractivity contribution in [3.63, 3.8) is 0 Å². The van der Waals surface area contributed by atoms with Gasteiger partial charge in [-0.2, -0.15) is 10.5 Å². The minimum absolute atomic E-state index is 0.236. The van der Waals surface area contributed by atoms with E-state index in [9.17, 15) is 14.9 Å². The zero-order valence-electron chi connectivity index (χ0n) is 21.0. The summed E-state index contributed by atoms with van der Waals surface area (Å²) in [5.74, 6) is 0.444. The molecule has 0 aromatic heterocycles. The first kappa shape index (κ1) is 26.7. The van der Waals surface area contributed by atoms with Crippen LogP contribution in [0.25, 0.3) is 6.08 Å². The van der Waals surface area contributed by atoms with E-state index in [4.69, 9.17) is 10.00 Å². The Morgan fingerprint density at radius 1 is 0.921 bits per heavy atom. The molecule has 2 amide bonds. The Morgan fingerprint density at radius 2 is 1.63 bits per heavy atom. The molecule has 3 aromatic carbocycles. The number of rotatable bonds is 10. The Kier molecular flexibility index (Phi) is 8.94. The Hall–Kier alpha value is -4.37. The molecular formula is C30H26N4O3S. The van der Waals surface area contributed by atoms with Gasteiger partial charge in [0.05, 0.1) is 34.8 Å². The van der Waals surface area contributed by atoms with Crippen molar-refractivity contribution in [1.29, 1.82) is 10.5 Å². The van der Waals surface area contributed by atoms with Crippen LogP contribution >= 0.6 is 11.8 Å². The quantitative estimate of drug-likeness (QED) is 0.321. The van der Waals surface area contributed by atoms with E-state index in [0.29, 0.717) is 42.3 Å². The fourth-order valence-corrected chi connectivity index (χ4v) is 4.93. The van der Waals surface area contributed by atoms with E-state index < -0.39 is 0 Å². The Bertz CT molecular complexity index is 1420. The standard InChI is InChI=1S/C30H26N4O3S/c1-2-37-27-12-10-22(11-13-27)17-28-29(35)34(30(36)38-28)15-14-33(20-24-8-6-23(18-31)7-9-24)21-26-5-3-4-25(16-26)19-32/h3-13,16-17H,2,14-15,20-21H2,1H3. The second-order valence-corrected chi connectivity index (χ2v) is 9.66. The highest BCUT2D eigenvalue weighted by Gasteiger charge is 2.35. The van der Waals surface area contributed by atoms with Crippen molar-refractivity contribution >= 4 is 29.0 Å². The first-order chi connectivity index (χ1) is 18.5. The number of imide groups is 1. The topological polar surface area (TPSA) is 97.4 Å². The normalized spacial score (nSPS) is 14.1. The van der Waals surface area contributed by atoms with Gasteiger partial charge in [-0.3, -0.25) is 19.4 Å². The minimum atomic E-state index is -0.307. The largest absolute Gasteiger partial charge is 0.494 e. The zero-order valence-corrected chi connectivity index (χ0v) is 21.8. The number of benzene rings is 3. The number of nitriles is 2. The number of amides is 2. The molecule has 38 heavy (non-hydrogen) atoms. The molecule has 8 heteroatoms. The third kappa shape index (κ3) is 6.89. The monoisotopic (exact) mass is 522 g/mol. The van der Waals surface area contributed by atoms with Crippen LogP contribution in [0.2, 0.25) is 0 Å². The van der Waals surface area contributed by atoms with Crippen molar-refractivity contribution in [2.45, 2.75) is 20.0 Å². The molecule has 0 aliphatic carbocycles. The smallest absolute Gasteiger partial charge is 0.293 e. The summed E-state index contributed by atoms with van der Waals surface area (Å²) in [6, 6.07) is 26.4. The molecule has 1 fully saturated rings. The predicted octanol–water partition coefficient (Wildman–Crippen LogP) is 5.57. The molecule has 4 rings (SSSR count). The van der Waals surface area contributed by atoms with Crippen molar-refractivity contribution < 1.29 is 14.3 Å². The molecule has 1 aliphatic heterocycles. The lowest BCUT2D eigenvalue weighted by Gasteiger charge is -2.25. The van der Waals surface area contributed by atoms with Gasteiger partial charge in [0, 0.05) is 26.2 Å². The van der Waals surface area contributed by atoms with E-state index in [1.807, 2.05) is 61.5 Å². The fraction of sp³-hybridized carbons (Fsp3) is 0.200. The maximum Gasteiger partial charge on any atom is 0.293 e. The molecule has 0 atom stereocenters. The fourth-order valence-electron chi connectivity index (χ4n) is 4.07. The van der Waals surface area contributed by atoms with Crippen molar-refractivity contribution in [2.24, 2.45) is 0 Å². The van der Waals surface area contributed by atoms with Crippen molar-refractivity contribution in [3.05, 3.63) is 106 Å². The Morgan fingerprint density at radius 3 is 2.32 bits per heavy atom. The van der Waals surface area contributed by atoms with Gasteiger partial charge in [-0.05, 0) is 77.9 Å². The van der Waals surface area contributed by atoms with Gasteiger partial charge in [-0.15, -0.1) is 0 Å². The van der Waals surface area contributed by atoms with Crippen LogP contribution in [0.5, 0.6) is 5.75 Å². The highest BCUT2D eigenvalue weighted by Crippen LogP contribution is 2.32. The first-order valence-electron chi connectivity index (χ1n) is 12.2. The molecule has 0 spiro atoms. The maximum atomic E-state index is 13.1. The second-order valence-electron chi connectivity index (χ2n) is 8.67. The molecule has 0 saturated carbocycles. The van der Waals surface area contributed by atoms with Gasteiger partial charge in [0.2, 0.25) is 0 Å². The van der Waals surface area contributed by atoms with Gasteiger partial charge in [0.25, 0.3) is 11.1 Å². The lowest BCUT2D eigenvalue weighted by molar-refractivity contribution is -0.122. The zero-order chi connectivity index (χ0) is 26.9. The molecular weight excluding hydrogens is 496 g/mol. The van der Waals surface area contributed by atoms with Gasteiger partial charge in [-0.1, -0.05) is 36.4 Å². The van der Waals surface area contributed by atoms with E-state index in [2.05, 4.69) is 17.0 Å². The molecule has 1 heterocycles. The van der Waals surface area contributed by atoms with Gasteiger partial charge >= 0.3 is 0 Å². The van der Waals surface area contributed by atoms with Crippen LogP contribution in [-0.4, -0.2) is 40.6 Å². The van der Waals surface area contributed by atoms with Crippen LogP contribution in [0, 0.1) is 22.7 Å². The molecule has 0 N–H and O–H groups in total. The van der Waals surface area contributed by atoms with Gasteiger partial charge in [0.1, 0.15) is 5.75 Å². The number of nitrogens with zero attached hydrogens (tertiary/aromatic N) is 4. The summed E-state index contributed by atoms with van der Waals surface area (Å²) in [7, 11) is 0. The summed E-state index contributed by atoms with van der Waals surface area (Å²) in [6.45, 7) is 4.27. The molecule has 3 aromatic rings. The summed E-state index contributed by atoms with van der Waals surface area (Å²) in [5, 5.41) is 18.1. The van der Waals surface area contributed by atoms with Crippen molar-refractivity contribution in [1.82, 2.24) is 9.80 Å². The third-order valence-electron chi connectivity index (χ3n) is 5.95. The van der Waals surface area contributed by atoms with Gasteiger partial charge in [-0.25, -0.2) is 0 Å². The Balaban J connectivity index is 1.47. The summed E-state index contributed by atoms with van der Waals surface area (Å²) < 4.78 is 5.46. The minimum Gasteiger partial charge on any atom is -0.494 e. The molecule has 0 unspecified atom stereocenters. The number of carbonyl (C=O) groups excluding carboxylic acids is 2. The van der Waals surface area contributed by atoms with E-state index in [1.165, 1.54) is 4.90 Å². The highest BCUT2D eigenvalue weighted by molar-refractivity contribution is 8.18. The van der Waals surface area contributed by atoms with E-state index in [-0.39, 0.29) is 17.7 Å². The molecule has 0 radical (unpaired) electrons.